The zero-order chi connectivity index (χ0) is 24.6. The first kappa shape index (κ1) is 25.9. The smallest absolute Gasteiger partial charge is 0.228 e. The molecule has 0 bridgehead atoms. The van der Waals surface area contributed by atoms with Gasteiger partial charge in [0, 0.05) is 37.8 Å². The summed E-state index contributed by atoms with van der Waals surface area (Å²) < 4.78 is 18.8. The SMILES string of the molecule is CNC(=O)C(C)(CCc1ccc(C#Cc2ccc(CN3CCOCC3)cc2)cc1)[C@](C)(O)CF. The number of halogens is 1. The van der Waals surface area contributed by atoms with E-state index in [2.05, 4.69) is 34.2 Å². The number of morpholine rings is 1. The van der Waals surface area contributed by atoms with Crippen LogP contribution in [0.4, 0.5) is 4.39 Å². The van der Waals surface area contributed by atoms with Crippen LogP contribution in [0.25, 0.3) is 0 Å². The molecule has 2 atom stereocenters. The number of alkyl halides is 1. The van der Waals surface area contributed by atoms with Crippen LogP contribution in [-0.2, 0) is 22.5 Å². The normalized spacial score (nSPS) is 17.7. The monoisotopic (exact) mass is 466 g/mol. The number of rotatable bonds is 8. The number of aliphatic hydroxyl groups is 1. The summed E-state index contributed by atoms with van der Waals surface area (Å²) in [4.78, 5) is 14.8. The van der Waals surface area contributed by atoms with E-state index < -0.39 is 17.7 Å². The molecule has 0 radical (unpaired) electrons. The first-order valence-electron chi connectivity index (χ1n) is 11.8. The Balaban J connectivity index is 1.59. The average Bonchev–Trinajstić information content (AvgIpc) is 2.87. The van der Waals surface area contributed by atoms with Crippen molar-refractivity contribution in [1.29, 1.82) is 0 Å². The molecule has 3 rings (SSSR count). The number of carbonyl (C=O) groups is 1. The van der Waals surface area contributed by atoms with E-state index in [1.165, 1.54) is 19.5 Å². The van der Waals surface area contributed by atoms with Crippen LogP contribution in [0, 0.1) is 17.3 Å². The Labute approximate surface area is 202 Å². The summed E-state index contributed by atoms with van der Waals surface area (Å²) in [7, 11) is 1.50. The van der Waals surface area contributed by atoms with Crippen LogP contribution in [0.5, 0.6) is 0 Å². The number of benzene rings is 2. The topological polar surface area (TPSA) is 61.8 Å². The van der Waals surface area contributed by atoms with Gasteiger partial charge in [-0.05, 0) is 62.1 Å². The Hall–Kier alpha value is -2.72. The maximum Gasteiger partial charge on any atom is 0.228 e. The summed E-state index contributed by atoms with van der Waals surface area (Å²) in [5, 5.41) is 13.0. The molecule has 5 nitrogen and oxygen atoms in total. The molecule has 182 valence electrons. The summed E-state index contributed by atoms with van der Waals surface area (Å²) >= 11 is 0. The highest BCUT2D eigenvalue weighted by molar-refractivity contribution is 5.83. The number of amides is 1. The number of hydrogen-bond donors (Lipinski definition) is 2. The van der Waals surface area contributed by atoms with Crippen molar-refractivity contribution in [3.8, 4) is 11.8 Å². The van der Waals surface area contributed by atoms with E-state index in [4.69, 9.17) is 4.74 Å². The lowest BCUT2D eigenvalue weighted by atomic mass is 9.70. The second-order valence-corrected chi connectivity index (χ2v) is 9.35. The minimum Gasteiger partial charge on any atom is -0.386 e. The standard InChI is InChI=1S/C28H35FN2O3/c1-27(26(32)30-3,28(2,33)21-29)15-14-24-8-6-22(7-9-24)4-5-23-10-12-25(13-11-23)20-31-16-18-34-19-17-31/h6-13,33H,14-21H2,1-3H3,(H,30,32)/t27?,28-/m1/s1. The highest BCUT2D eigenvalue weighted by Gasteiger charge is 2.48. The molecule has 1 fully saturated rings. The molecule has 1 heterocycles. The molecule has 6 heteroatoms. The number of nitrogens with zero attached hydrogens (tertiary/aromatic N) is 1. The first-order valence-corrected chi connectivity index (χ1v) is 11.8. The molecule has 34 heavy (non-hydrogen) atoms. The third kappa shape index (κ3) is 6.44. The fourth-order valence-electron chi connectivity index (χ4n) is 4.06. The number of ether oxygens (including phenoxy) is 1. The lowest BCUT2D eigenvalue weighted by Crippen LogP contribution is -2.54. The molecule has 1 amide bonds. The summed E-state index contributed by atoms with van der Waals surface area (Å²) in [6, 6.07) is 16.2. The number of carbonyl (C=O) groups excluding carboxylic acids is 1. The Kier molecular flexibility index (Phi) is 8.84. The molecule has 2 aromatic rings. The quantitative estimate of drug-likeness (QED) is 0.586. The van der Waals surface area contributed by atoms with E-state index in [9.17, 15) is 14.3 Å². The van der Waals surface area contributed by atoms with Crippen molar-refractivity contribution in [2.75, 3.05) is 40.0 Å². The Morgan fingerprint density at radius 3 is 2.06 bits per heavy atom. The fraction of sp³-hybridized carbons (Fsp3) is 0.464. The van der Waals surface area contributed by atoms with Gasteiger partial charge in [-0.15, -0.1) is 0 Å². The molecule has 2 aromatic carbocycles. The van der Waals surface area contributed by atoms with E-state index in [1.807, 2.05) is 36.4 Å². The van der Waals surface area contributed by atoms with E-state index in [0.29, 0.717) is 12.8 Å². The molecule has 1 saturated heterocycles. The van der Waals surface area contributed by atoms with Gasteiger partial charge in [0.05, 0.1) is 18.6 Å². The van der Waals surface area contributed by atoms with Crippen molar-refractivity contribution in [1.82, 2.24) is 10.2 Å². The zero-order valence-corrected chi connectivity index (χ0v) is 20.4. The van der Waals surface area contributed by atoms with Crippen molar-refractivity contribution >= 4 is 5.91 Å². The van der Waals surface area contributed by atoms with Gasteiger partial charge in [0.1, 0.15) is 12.3 Å². The Bertz CT molecular complexity index is 1000. The number of aryl methyl sites for hydroxylation is 1. The number of nitrogens with one attached hydrogen (secondary N) is 1. The zero-order valence-electron chi connectivity index (χ0n) is 20.4. The second kappa shape index (κ2) is 11.6. The third-order valence-electron chi connectivity index (χ3n) is 6.86. The van der Waals surface area contributed by atoms with E-state index in [0.717, 1.165) is 49.5 Å². The predicted molar refractivity (Wildman–Crippen MR) is 132 cm³/mol. The van der Waals surface area contributed by atoms with Crippen molar-refractivity contribution in [2.45, 2.75) is 38.8 Å². The van der Waals surface area contributed by atoms with Crippen LogP contribution >= 0.6 is 0 Å². The van der Waals surface area contributed by atoms with Gasteiger partial charge in [0.25, 0.3) is 0 Å². The maximum atomic E-state index is 13.4. The lowest BCUT2D eigenvalue weighted by molar-refractivity contribution is -0.149. The fourth-order valence-corrected chi connectivity index (χ4v) is 4.06. The van der Waals surface area contributed by atoms with Crippen molar-refractivity contribution in [3.05, 3.63) is 70.8 Å². The van der Waals surface area contributed by atoms with Crippen molar-refractivity contribution < 1.29 is 19.0 Å². The molecule has 1 unspecified atom stereocenters. The highest BCUT2D eigenvalue weighted by atomic mass is 19.1. The van der Waals surface area contributed by atoms with E-state index in [-0.39, 0.29) is 5.91 Å². The van der Waals surface area contributed by atoms with Crippen LogP contribution in [0.15, 0.2) is 48.5 Å². The van der Waals surface area contributed by atoms with Crippen LogP contribution in [0.2, 0.25) is 0 Å². The van der Waals surface area contributed by atoms with Crippen LogP contribution in [0.3, 0.4) is 0 Å². The summed E-state index contributed by atoms with van der Waals surface area (Å²) in [6.45, 7) is 6.46. The first-order chi connectivity index (χ1) is 16.3. The molecule has 1 aliphatic rings. The van der Waals surface area contributed by atoms with Gasteiger partial charge in [-0.1, -0.05) is 36.1 Å². The van der Waals surface area contributed by atoms with Gasteiger partial charge in [-0.25, -0.2) is 4.39 Å². The molecule has 2 N–H and O–H groups in total. The largest absolute Gasteiger partial charge is 0.386 e. The maximum absolute atomic E-state index is 13.4. The van der Waals surface area contributed by atoms with Gasteiger partial charge in [0.15, 0.2) is 0 Å². The van der Waals surface area contributed by atoms with E-state index >= 15 is 0 Å². The molecule has 1 aliphatic heterocycles. The van der Waals surface area contributed by atoms with Crippen LogP contribution in [-0.4, -0.2) is 61.5 Å². The van der Waals surface area contributed by atoms with Gasteiger partial charge < -0.3 is 15.2 Å². The molecular weight excluding hydrogens is 431 g/mol. The van der Waals surface area contributed by atoms with Gasteiger partial charge in [-0.3, -0.25) is 9.69 Å². The second-order valence-electron chi connectivity index (χ2n) is 9.35. The van der Waals surface area contributed by atoms with Crippen LogP contribution < -0.4 is 5.32 Å². The number of hydrogen-bond acceptors (Lipinski definition) is 4. The predicted octanol–water partition coefficient (Wildman–Crippen LogP) is 3.32. The van der Waals surface area contributed by atoms with Crippen LogP contribution in [0.1, 0.15) is 42.5 Å². The summed E-state index contributed by atoms with van der Waals surface area (Å²) in [5.41, 5.74) is 1.16. The molecular formula is C28H35FN2O3. The summed E-state index contributed by atoms with van der Waals surface area (Å²) in [6.07, 6.45) is 0.865. The van der Waals surface area contributed by atoms with Crippen molar-refractivity contribution in [3.63, 3.8) is 0 Å². The summed E-state index contributed by atoms with van der Waals surface area (Å²) in [5.74, 6) is 6.03. The Morgan fingerprint density at radius 2 is 1.56 bits per heavy atom. The Morgan fingerprint density at radius 1 is 1.03 bits per heavy atom. The highest BCUT2D eigenvalue weighted by Crippen LogP contribution is 2.37. The average molecular weight is 467 g/mol. The third-order valence-corrected chi connectivity index (χ3v) is 6.86. The minimum atomic E-state index is -1.74. The minimum absolute atomic E-state index is 0.325. The molecule has 0 saturated carbocycles. The van der Waals surface area contributed by atoms with Gasteiger partial charge in [0.2, 0.25) is 5.91 Å². The molecule has 0 aliphatic carbocycles. The molecule has 0 aromatic heterocycles. The lowest BCUT2D eigenvalue weighted by Gasteiger charge is -2.39. The molecule has 0 spiro atoms. The van der Waals surface area contributed by atoms with E-state index in [1.54, 1.807) is 6.92 Å². The van der Waals surface area contributed by atoms with Gasteiger partial charge in [-0.2, -0.15) is 0 Å². The van der Waals surface area contributed by atoms with Crippen molar-refractivity contribution in [2.24, 2.45) is 5.41 Å². The van der Waals surface area contributed by atoms with Gasteiger partial charge >= 0.3 is 0 Å².